The molecule has 0 spiro atoms. The lowest BCUT2D eigenvalue weighted by Gasteiger charge is -2.07. The van der Waals surface area contributed by atoms with Gasteiger partial charge in [-0.05, 0) is 32.6 Å². The molecule has 1 aromatic rings. The average molecular weight is 286 g/mol. The number of ether oxygens (including phenoxy) is 2. The van der Waals surface area contributed by atoms with Crippen molar-refractivity contribution in [2.45, 2.75) is 43.9 Å². The number of esters is 1. The van der Waals surface area contributed by atoms with Gasteiger partial charge in [-0.25, -0.2) is 4.79 Å². The van der Waals surface area contributed by atoms with Crippen LogP contribution in [0.1, 0.15) is 43.3 Å². The van der Waals surface area contributed by atoms with Crippen LogP contribution in [0.3, 0.4) is 0 Å². The molecule has 1 saturated heterocycles. The lowest BCUT2D eigenvalue weighted by atomic mass is 10.1. The fourth-order valence-corrected chi connectivity index (χ4v) is 2.61. The molecule has 0 aromatic carbocycles. The maximum absolute atomic E-state index is 11.3. The molecule has 2 heterocycles. The molecule has 0 amide bonds. The van der Waals surface area contributed by atoms with Gasteiger partial charge in [-0.3, -0.25) is 0 Å². The Morgan fingerprint density at radius 1 is 1.53 bits per heavy atom. The normalized spacial score (nSPS) is 18.7. The van der Waals surface area contributed by atoms with Gasteiger partial charge in [-0.1, -0.05) is 16.9 Å². The first-order valence-corrected chi connectivity index (χ1v) is 7.53. The molecule has 1 aliphatic rings. The fourth-order valence-electron chi connectivity index (χ4n) is 1.89. The average Bonchev–Trinajstić information content (AvgIpc) is 3.06. The summed E-state index contributed by atoms with van der Waals surface area (Å²) in [5.41, 5.74) is 0. The Bertz CT molecular complexity index is 404. The van der Waals surface area contributed by atoms with E-state index in [4.69, 9.17) is 13.9 Å². The van der Waals surface area contributed by atoms with Crippen LogP contribution in [0.5, 0.6) is 0 Å². The van der Waals surface area contributed by atoms with E-state index in [1.54, 1.807) is 6.92 Å². The van der Waals surface area contributed by atoms with Gasteiger partial charge in [-0.15, -0.1) is 5.10 Å². The third kappa shape index (κ3) is 4.50. The zero-order valence-electron chi connectivity index (χ0n) is 11.0. The highest BCUT2D eigenvalue weighted by Crippen LogP contribution is 2.21. The molecule has 0 bridgehead atoms. The van der Waals surface area contributed by atoms with Gasteiger partial charge in [0, 0.05) is 12.4 Å². The maximum Gasteiger partial charge on any atom is 0.396 e. The quantitative estimate of drug-likeness (QED) is 0.432. The molecule has 0 radical (unpaired) electrons. The summed E-state index contributed by atoms with van der Waals surface area (Å²) in [7, 11) is 0. The van der Waals surface area contributed by atoms with Gasteiger partial charge in [0.15, 0.2) is 0 Å². The van der Waals surface area contributed by atoms with Crippen LogP contribution in [-0.4, -0.2) is 41.2 Å². The number of hydrogen-bond donors (Lipinski definition) is 0. The van der Waals surface area contributed by atoms with E-state index in [1.807, 2.05) is 0 Å². The largest absolute Gasteiger partial charge is 0.459 e. The molecule has 19 heavy (non-hydrogen) atoms. The summed E-state index contributed by atoms with van der Waals surface area (Å²) < 4.78 is 15.5. The Morgan fingerprint density at radius 3 is 3.16 bits per heavy atom. The fraction of sp³-hybridized carbons (Fsp3) is 0.750. The Balaban J connectivity index is 1.66. The lowest BCUT2D eigenvalue weighted by Crippen LogP contribution is -2.04. The molecule has 1 aromatic heterocycles. The van der Waals surface area contributed by atoms with Gasteiger partial charge >= 0.3 is 11.9 Å². The smallest absolute Gasteiger partial charge is 0.396 e. The first-order chi connectivity index (χ1) is 9.29. The monoisotopic (exact) mass is 286 g/mol. The molecule has 0 aliphatic carbocycles. The molecule has 6 nitrogen and oxygen atoms in total. The summed E-state index contributed by atoms with van der Waals surface area (Å²) in [6.45, 7) is 2.92. The predicted octanol–water partition coefficient (Wildman–Crippen LogP) is 2.30. The Labute approximate surface area is 116 Å². The van der Waals surface area contributed by atoms with E-state index in [9.17, 15) is 4.79 Å². The second kappa shape index (κ2) is 7.49. The van der Waals surface area contributed by atoms with Crippen LogP contribution in [0.15, 0.2) is 9.64 Å². The molecule has 1 aliphatic heterocycles. The topological polar surface area (TPSA) is 74.5 Å². The summed E-state index contributed by atoms with van der Waals surface area (Å²) in [5, 5.41) is 7.87. The number of nitrogens with zero attached hydrogens (tertiary/aromatic N) is 2. The van der Waals surface area contributed by atoms with Gasteiger partial charge < -0.3 is 13.9 Å². The van der Waals surface area contributed by atoms with Gasteiger partial charge in [0.1, 0.15) is 0 Å². The van der Waals surface area contributed by atoms with E-state index in [-0.39, 0.29) is 5.89 Å². The molecule has 0 saturated carbocycles. The molecule has 106 valence electrons. The minimum atomic E-state index is -0.568. The highest BCUT2D eigenvalue weighted by atomic mass is 32.2. The Hall–Kier alpha value is -1.08. The number of carbonyl (C=O) groups is 1. The van der Waals surface area contributed by atoms with Crippen molar-refractivity contribution in [3.05, 3.63) is 5.89 Å². The van der Waals surface area contributed by atoms with Gasteiger partial charge in [-0.2, -0.15) is 0 Å². The van der Waals surface area contributed by atoms with Crippen LogP contribution in [-0.2, 0) is 9.47 Å². The number of hydrogen-bond acceptors (Lipinski definition) is 7. The Kier molecular flexibility index (Phi) is 5.65. The number of aromatic nitrogens is 2. The molecule has 1 atom stereocenters. The van der Waals surface area contributed by atoms with Crippen molar-refractivity contribution in [2.75, 3.05) is 19.0 Å². The summed E-state index contributed by atoms with van der Waals surface area (Å²) in [6.07, 6.45) is 4.85. The van der Waals surface area contributed by atoms with E-state index in [2.05, 4.69) is 10.2 Å². The summed E-state index contributed by atoms with van der Waals surface area (Å²) in [4.78, 5) is 11.3. The van der Waals surface area contributed by atoms with Crippen LogP contribution >= 0.6 is 11.8 Å². The second-order valence-electron chi connectivity index (χ2n) is 4.22. The van der Waals surface area contributed by atoms with Crippen LogP contribution in [0.4, 0.5) is 0 Å². The summed E-state index contributed by atoms with van der Waals surface area (Å²) in [6, 6.07) is 0. The van der Waals surface area contributed by atoms with Crippen molar-refractivity contribution in [2.24, 2.45) is 0 Å². The number of thioether (sulfide) groups is 1. The van der Waals surface area contributed by atoms with Crippen LogP contribution in [0, 0.1) is 0 Å². The lowest BCUT2D eigenvalue weighted by molar-refractivity contribution is 0.0475. The molecular weight excluding hydrogens is 268 g/mol. The molecule has 7 heteroatoms. The van der Waals surface area contributed by atoms with Gasteiger partial charge in [0.25, 0.3) is 5.22 Å². The first kappa shape index (κ1) is 14.3. The Morgan fingerprint density at radius 2 is 2.42 bits per heavy atom. The van der Waals surface area contributed by atoms with E-state index in [1.165, 1.54) is 18.2 Å². The van der Waals surface area contributed by atoms with Crippen LogP contribution in [0.25, 0.3) is 0 Å². The molecule has 0 N–H and O–H groups in total. The van der Waals surface area contributed by atoms with Crippen molar-refractivity contribution >= 4 is 17.7 Å². The highest BCUT2D eigenvalue weighted by Gasteiger charge is 2.17. The minimum Gasteiger partial charge on any atom is -0.459 e. The van der Waals surface area contributed by atoms with Gasteiger partial charge in [0.2, 0.25) is 0 Å². The number of rotatable bonds is 7. The second-order valence-corrected chi connectivity index (χ2v) is 5.27. The highest BCUT2D eigenvalue weighted by molar-refractivity contribution is 7.99. The van der Waals surface area contributed by atoms with Crippen molar-refractivity contribution in [3.8, 4) is 0 Å². The molecule has 1 unspecified atom stereocenters. The minimum absolute atomic E-state index is 0.0801. The molecule has 2 rings (SSSR count). The van der Waals surface area contributed by atoms with Crippen molar-refractivity contribution in [1.82, 2.24) is 10.2 Å². The SMILES string of the molecule is CCOC(=O)c1nnc(SCCCC2CCCO2)o1. The predicted molar refractivity (Wildman–Crippen MR) is 69.2 cm³/mol. The summed E-state index contributed by atoms with van der Waals surface area (Å²) >= 11 is 1.46. The third-order valence-electron chi connectivity index (χ3n) is 2.78. The first-order valence-electron chi connectivity index (χ1n) is 6.54. The van der Waals surface area contributed by atoms with Crippen molar-refractivity contribution in [3.63, 3.8) is 0 Å². The van der Waals surface area contributed by atoms with E-state index in [0.29, 0.717) is 17.9 Å². The van der Waals surface area contributed by atoms with Crippen LogP contribution < -0.4 is 0 Å². The maximum atomic E-state index is 11.3. The van der Waals surface area contributed by atoms with Crippen molar-refractivity contribution < 1.29 is 18.7 Å². The number of carbonyl (C=O) groups excluding carboxylic acids is 1. The van der Waals surface area contributed by atoms with E-state index >= 15 is 0 Å². The molecular formula is C12H18N2O4S. The molecule has 1 fully saturated rings. The standard InChI is InChI=1S/C12H18N2O4S/c1-2-16-11(15)10-13-14-12(18-10)19-8-4-6-9-5-3-7-17-9/h9H,2-8H2,1H3. The van der Waals surface area contributed by atoms with E-state index in [0.717, 1.165) is 31.6 Å². The van der Waals surface area contributed by atoms with Crippen molar-refractivity contribution in [1.29, 1.82) is 0 Å². The van der Waals surface area contributed by atoms with Gasteiger partial charge in [0.05, 0.1) is 12.7 Å². The summed E-state index contributed by atoms with van der Waals surface area (Å²) in [5.74, 6) is 0.231. The van der Waals surface area contributed by atoms with E-state index < -0.39 is 5.97 Å². The zero-order chi connectivity index (χ0) is 13.5. The zero-order valence-corrected chi connectivity index (χ0v) is 11.8. The third-order valence-corrected chi connectivity index (χ3v) is 3.68. The van der Waals surface area contributed by atoms with Crippen LogP contribution in [0.2, 0.25) is 0 Å².